The monoisotopic (exact) mass is 407 g/mol. The number of thiophene rings is 1. The second-order valence-corrected chi connectivity index (χ2v) is 7.82. The van der Waals surface area contributed by atoms with Crippen molar-refractivity contribution in [3.63, 3.8) is 0 Å². The first kappa shape index (κ1) is 17.6. The average molecular weight is 407 g/mol. The van der Waals surface area contributed by atoms with Crippen LogP contribution in [-0.4, -0.2) is 37.9 Å². The van der Waals surface area contributed by atoms with Crippen LogP contribution in [0.1, 0.15) is 44.9 Å². The van der Waals surface area contributed by atoms with Crippen molar-refractivity contribution in [3.05, 3.63) is 71.4 Å². The standard InChI is InChI=1S/C20H17N5O3S/c26-19(14-6-4-12-28-14)21-17-9-8-15(29-17)20(27)24-11-3-5-13(24)18-23-22-16-7-1-2-10-25(16)18/h1-2,4,6-10,12-13H,3,5,11H2,(H,21,26). The van der Waals surface area contributed by atoms with E-state index in [-0.39, 0.29) is 23.6 Å². The predicted octanol–water partition coefficient (Wildman–Crippen LogP) is 3.61. The van der Waals surface area contributed by atoms with Crippen molar-refractivity contribution in [2.45, 2.75) is 18.9 Å². The number of anilines is 1. The lowest BCUT2D eigenvalue weighted by atomic mass is 10.2. The number of hydrogen-bond donors (Lipinski definition) is 1. The number of pyridine rings is 1. The molecule has 1 aliphatic heterocycles. The first-order valence-corrected chi connectivity index (χ1v) is 10.1. The largest absolute Gasteiger partial charge is 0.459 e. The second-order valence-electron chi connectivity index (χ2n) is 6.74. The molecule has 0 spiro atoms. The van der Waals surface area contributed by atoms with Crippen LogP contribution in [0.3, 0.4) is 0 Å². The molecule has 0 aliphatic carbocycles. The SMILES string of the molecule is O=C(Nc1ccc(C(=O)N2CCCC2c2nnc3ccccn23)s1)c1ccco1. The Balaban J connectivity index is 1.36. The fourth-order valence-electron chi connectivity index (χ4n) is 3.61. The van der Waals surface area contributed by atoms with Gasteiger partial charge < -0.3 is 14.6 Å². The van der Waals surface area contributed by atoms with Gasteiger partial charge in [0.05, 0.1) is 22.2 Å². The molecule has 1 fully saturated rings. The molecule has 1 saturated heterocycles. The van der Waals surface area contributed by atoms with Gasteiger partial charge in [0, 0.05) is 12.7 Å². The van der Waals surface area contributed by atoms with Crippen LogP contribution < -0.4 is 5.32 Å². The zero-order chi connectivity index (χ0) is 19.8. The van der Waals surface area contributed by atoms with E-state index in [4.69, 9.17) is 4.42 Å². The molecule has 4 aromatic rings. The number of carbonyl (C=O) groups is 2. The van der Waals surface area contributed by atoms with E-state index in [2.05, 4.69) is 15.5 Å². The third-order valence-electron chi connectivity index (χ3n) is 4.95. The summed E-state index contributed by atoms with van der Waals surface area (Å²) in [5, 5.41) is 11.9. The van der Waals surface area contributed by atoms with E-state index >= 15 is 0 Å². The van der Waals surface area contributed by atoms with E-state index in [1.54, 1.807) is 24.3 Å². The Morgan fingerprint density at radius 2 is 2.07 bits per heavy atom. The highest BCUT2D eigenvalue weighted by atomic mass is 32.1. The van der Waals surface area contributed by atoms with Gasteiger partial charge in [-0.15, -0.1) is 21.5 Å². The minimum Gasteiger partial charge on any atom is -0.459 e. The fourth-order valence-corrected chi connectivity index (χ4v) is 4.47. The number of furan rings is 1. The molecule has 146 valence electrons. The number of likely N-dealkylation sites (tertiary alicyclic amines) is 1. The summed E-state index contributed by atoms with van der Waals surface area (Å²) in [5.41, 5.74) is 0.765. The molecule has 0 radical (unpaired) electrons. The van der Waals surface area contributed by atoms with Crippen molar-refractivity contribution in [2.75, 3.05) is 11.9 Å². The highest BCUT2D eigenvalue weighted by Crippen LogP contribution is 2.34. The van der Waals surface area contributed by atoms with Crippen molar-refractivity contribution >= 4 is 33.8 Å². The van der Waals surface area contributed by atoms with Gasteiger partial charge in [0.25, 0.3) is 11.8 Å². The van der Waals surface area contributed by atoms with Crippen molar-refractivity contribution in [2.24, 2.45) is 0 Å². The third kappa shape index (κ3) is 3.19. The summed E-state index contributed by atoms with van der Waals surface area (Å²) in [4.78, 5) is 27.7. The van der Waals surface area contributed by atoms with Gasteiger partial charge in [0.15, 0.2) is 17.2 Å². The molecule has 8 nitrogen and oxygen atoms in total. The Morgan fingerprint density at radius 1 is 1.14 bits per heavy atom. The molecule has 29 heavy (non-hydrogen) atoms. The molecule has 0 aromatic carbocycles. The number of hydrogen-bond acceptors (Lipinski definition) is 6. The molecule has 0 bridgehead atoms. The van der Waals surface area contributed by atoms with Crippen LogP contribution >= 0.6 is 11.3 Å². The first-order valence-electron chi connectivity index (χ1n) is 9.26. The lowest BCUT2D eigenvalue weighted by Gasteiger charge is -2.22. The minimum absolute atomic E-state index is 0.0660. The number of carbonyl (C=O) groups excluding carboxylic acids is 2. The molecule has 5 rings (SSSR count). The normalized spacial score (nSPS) is 16.4. The van der Waals surface area contributed by atoms with Crippen LogP contribution in [0.5, 0.6) is 0 Å². The van der Waals surface area contributed by atoms with Gasteiger partial charge in [0.2, 0.25) is 0 Å². The highest BCUT2D eigenvalue weighted by molar-refractivity contribution is 7.18. The van der Waals surface area contributed by atoms with Crippen LogP contribution in [0.15, 0.2) is 59.3 Å². The number of amides is 2. The van der Waals surface area contributed by atoms with E-state index in [1.807, 2.05) is 33.7 Å². The second kappa shape index (κ2) is 7.17. The summed E-state index contributed by atoms with van der Waals surface area (Å²) >= 11 is 1.25. The van der Waals surface area contributed by atoms with E-state index in [9.17, 15) is 9.59 Å². The van der Waals surface area contributed by atoms with Crippen LogP contribution in [0, 0.1) is 0 Å². The Kier molecular flexibility index (Phi) is 4.36. The average Bonchev–Trinajstić information content (AvgIpc) is 3.53. The maximum absolute atomic E-state index is 13.2. The highest BCUT2D eigenvalue weighted by Gasteiger charge is 2.34. The lowest BCUT2D eigenvalue weighted by molar-refractivity contribution is 0.0734. The third-order valence-corrected chi connectivity index (χ3v) is 5.94. The smallest absolute Gasteiger partial charge is 0.291 e. The van der Waals surface area contributed by atoms with Crippen LogP contribution in [0.4, 0.5) is 5.00 Å². The number of nitrogens with zero attached hydrogens (tertiary/aromatic N) is 4. The summed E-state index contributed by atoms with van der Waals surface area (Å²) < 4.78 is 7.03. The molecule has 9 heteroatoms. The van der Waals surface area contributed by atoms with E-state index in [0.29, 0.717) is 16.4 Å². The molecule has 0 saturated carbocycles. The molecule has 2 amide bonds. The fraction of sp³-hybridized carbons (Fsp3) is 0.200. The van der Waals surface area contributed by atoms with Crippen LogP contribution in [-0.2, 0) is 0 Å². The van der Waals surface area contributed by atoms with Crippen molar-refractivity contribution in [1.29, 1.82) is 0 Å². The number of rotatable bonds is 4. The molecule has 4 aromatic heterocycles. The maximum atomic E-state index is 13.2. The summed E-state index contributed by atoms with van der Waals surface area (Å²) in [6.07, 6.45) is 5.11. The molecule has 1 unspecified atom stereocenters. The summed E-state index contributed by atoms with van der Waals surface area (Å²) in [7, 11) is 0. The quantitative estimate of drug-likeness (QED) is 0.558. The summed E-state index contributed by atoms with van der Waals surface area (Å²) in [6.45, 7) is 0.664. The Labute approximate surface area is 169 Å². The van der Waals surface area contributed by atoms with Crippen LogP contribution in [0.25, 0.3) is 5.65 Å². The summed E-state index contributed by atoms with van der Waals surface area (Å²) in [5.74, 6) is 0.590. The van der Waals surface area contributed by atoms with Gasteiger partial charge in [0.1, 0.15) is 0 Å². The zero-order valence-corrected chi connectivity index (χ0v) is 16.1. The topological polar surface area (TPSA) is 92.7 Å². The molecule has 1 N–H and O–H groups in total. The van der Waals surface area contributed by atoms with Gasteiger partial charge in [-0.05, 0) is 49.2 Å². The molecule has 1 aliphatic rings. The molecular formula is C20H17N5O3S. The molecule has 1 atom stereocenters. The van der Waals surface area contributed by atoms with Gasteiger partial charge >= 0.3 is 0 Å². The summed E-state index contributed by atoms with van der Waals surface area (Å²) in [6, 6.07) is 12.3. The van der Waals surface area contributed by atoms with Crippen LogP contribution in [0.2, 0.25) is 0 Å². The number of fused-ring (bicyclic) bond motifs is 1. The zero-order valence-electron chi connectivity index (χ0n) is 15.3. The number of aromatic nitrogens is 3. The first-order chi connectivity index (χ1) is 14.2. The maximum Gasteiger partial charge on any atom is 0.291 e. The van der Waals surface area contributed by atoms with Crippen molar-refractivity contribution < 1.29 is 14.0 Å². The van der Waals surface area contributed by atoms with Crippen molar-refractivity contribution in [1.82, 2.24) is 19.5 Å². The lowest BCUT2D eigenvalue weighted by Crippen LogP contribution is -2.31. The van der Waals surface area contributed by atoms with Crippen molar-refractivity contribution in [3.8, 4) is 0 Å². The number of nitrogens with one attached hydrogen (secondary N) is 1. The minimum atomic E-state index is -0.343. The molecule has 5 heterocycles. The van der Waals surface area contributed by atoms with E-state index < -0.39 is 0 Å². The Bertz CT molecular complexity index is 1180. The Hall–Kier alpha value is -3.46. The van der Waals surface area contributed by atoms with E-state index in [1.165, 1.54) is 17.6 Å². The van der Waals surface area contributed by atoms with E-state index in [0.717, 1.165) is 24.3 Å². The van der Waals surface area contributed by atoms with Gasteiger partial charge in [-0.25, -0.2) is 0 Å². The molecular weight excluding hydrogens is 390 g/mol. The predicted molar refractivity (Wildman–Crippen MR) is 107 cm³/mol. The van der Waals surface area contributed by atoms with Gasteiger partial charge in [-0.3, -0.25) is 14.0 Å². The van der Waals surface area contributed by atoms with Gasteiger partial charge in [-0.1, -0.05) is 6.07 Å². The van der Waals surface area contributed by atoms with Gasteiger partial charge in [-0.2, -0.15) is 0 Å². The Morgan fingerprint density at radius 3 is 2.93 bits per heavy atom.